The van der Waals surface area contributed by atoms with Gasteiger partial charge in [0.05, 0.1) is 6.54 Å². The number of guanidine groups is 1. The van der Waals surface area contributed by atoms with E-state index < -0.39 is 0 Å². The molecule has 0 aliphatic carbocycles. The molecular weight excluding hydrogens is 493 g/mol. The Morgan fingerprint density at radius 1 is 1.21 bits per heavy atom. The van der Waals surface area contributed by atoms with E-state index >= 15 is 0 Å². The molecule has 5 nitrogen and oxygen atoms in total. The van der Waals surface area contributed by atoms with Gasteiger partial charge >= 0.3 is 0 Å². The summed E-state index contributed by atoms with van der Waals surface area (Å²) in [6, 6.07) is 12.7. The zero-order valence-corrected chi connectivity index (χ0v) is 20.5. The first-order chi connectivity index (χ1) is 13.7. The first-order valence-corrected chi connectivity index (χ1v) is 11.3. The molecule has 3 heterocycles. The lowest BCUT2D eigenvalue weighted by molar-refractivity contribution is 0.114. The number of hydrogen-bond acceptors (Lipinski definition) is 4. The van der Waals surface area contributed by atoms with E-state index in [-0.39, 0.29) is 24.0 Å². The van der Waals surface area contributed by atoms with E-state index in [1.165, 1.54) is 36.1 Å². The number of rotatable bonds is 6. The van der Waals surface area contributed by atoms with E-state index in [0.29, 0.717) is 18.1 Å². The second-order valence-corrected chi connectivity index (χ2v) is 9.05. The number of piperidine rings is 1. The highest BCUT2D eigenvalue weighted by Gasteiger charge is 2.40. The molecule has 2 aromatic rings. The molecule has 2 unspecified atom stereocenters. The van der Waals surface area contributed by atoms with Crippen LogP contribution in [0.5, 0.6) is 0 Å². The zero-order valence-electron chi connectivity index (χ0n) is 17.3. The van der Waals surface area contributed by atoms with Gasteiger partial charge in [-0.25, -0.2) is 4.98 Å². The monoisotopic (exact) mass is 525 g/mol. The summed E-state index contributed by atoms with van der Waals surface area (Å²) in [7, 11) is 1.85. The molecule has 1 aromatic carbocycles. The van der Waals surface area contributed by atoms with Crippen LogP contribution in [-0.4, -0.2) is 41.0 Å². The van der Waals surface area contributed by atoms with Crippen LogP contribution in [0.4, 0.5) is 0 Å². The molecule has 2 aliphatic rings. The van der Waals surface area contributed by atoms with E-state index in [9.17, 15) is 0 Å². The molecule has 2 aliphatic heterocycles. The lowest BCUT2D eigenvalue weighted by Gasteiger charge is -2.39. The lowest BCUT2D eigenvalue weighted by atomic mass is 9.96. The van der Waals surface area contributed by atoms with Crippen LogP contribution < -0.4 is 10.6 Å². The molecule has 0 spiro atoms. The Bertz CT molecular complexity index is 780. The van der Waals surface area contributed by atoms with Gasteiger partial charge in [-0.15, -0.1) is 35.3 Å². The smallest absolute Gasteiger partial charge is 0.191 e. The molecule has 158 valence electrons. The zero-order chi connectivity index (χ0) is 19.3. The molecule has 2 fully saturated rings. The van der Waals surface area contributed by atoms with Gasteiger partial charge < -0.3 is 10.6 Å². The first kappa shape index (κ1) is 22.5. The molecule has 2 atom stereocenters. The number of halogens is 1. The highest BCUT2D eigenvalue weighted by Crippen LogP contribution is 2.36. The Balaban J connectivity index is 0.00000240. The van der Waals surface area contributed by atoms with Crippen molar-refractivity contribution in [2.45, 2.75) is 70.2 Å². The van der Waals surface area contributed by atoms with Gasteiger partial charge in [0.25, 0.3) is 0 Å². The number of fused-ring (bicyclic) bond motifs is 2. The van der Waals surface area contributed by atoms with Crippen LogP contribution in [0.1, 0.15) is 48.1 Å². The summed E-state index contributed by atoms with van der Waals surface area (Å²) in [6.07, 6.45) is 8.07. The third-order valence-corrected chi connectivity index (χ3v) is 7.16. The number of aromatic nitrogens is 1. The Labute approximate surface area is 195 Å². The maximum absolute atomic E-state index is 4.49. The number of nitrogens with zero attached hydrogens (tertiary/aromatic N) is 3. The summed E-state index contributed by atoms with van der Waals surface area (Å²) in [5, 5.41) is 8.24. The predicted molar refractivity (Wildman–Crippen MR) is 132 cm³/mol. The van der Waals surface area contributed by atoms with Crippen molar-refractivity contribution in [2.75, 3.05) is 7.05 Å². The summed E-state index contributed by atoms with van der Waals surface area (Å²) in [4.78, 5) is 13.0. The highest BCUT2D eigenvalue weighted by atomic mass is 127. The molecule has 0 radical (unpaired) electrons. The van der Waals surface area contributed by atoms with Gasteiger partial charge in [-0.3, -0.25) is 9.89 Å². The third-order valence-electron chi connectivity index (χ3n) is 6.01. The molecule has 7 heteroatoms. The fraction of sp³-hybridized carbons (Fsp3) is 0.545. The average Bonchev–Trinajstić information content (AvgIpc) is 3.27. The molecule has 2 bridgehead atoms. The fourth-order valence-electron chi connectivity index (χ4n) is 4.58. The molecule has 29 heavy (non-hydrogen) atoms. The number of thiazole rings is 1. The van der Waals surface area contributed by atoms with Gasteiger partial charge in [0.15, 0.2) is 5.96 Å². The van der Waals surface area contributed by atoms with E-state index in [1.54, 1.807) is 11.3 Å². The molecule has 0 amide bonds. The second-order valence-electron chi connectivity index (χ2n) is 7.86. The van der Waals surface area contributed by atoms with Gasteiger partial charge in [0.2, 0.25) is 0 Å². The van der Waals surface area contributed by atoms with E-state index in [2.05, 4.69) is 62.8 Å². The minimum atomic E-state index is 0. The van der Waals surface area contributed by atoms with Gasteiger partial charge in [-0.1, -0.05) is 37.3 Å². The van der Waals surface area contributed by atoms with Crippen molar-refractivity contribution < 1.29 is 0 Å². The average molecular weight is 526 g/mol. The Kier molecular flexibility index (Phi) is 8.32. The maximum atomic E-state index is 4.49. The summed E-state index contributed by atoms with van der Waals surface area (Å²) < 4.78 is 0. The number of nitrogens with one attached hydrogen (secondary N) is 2. The molecule has 2 N–H and O–H groups in total. The topological polar surface area (TPSA) is 52.6 Å². The summed E-state index contributed by atoms with van der Waals surface area (Å²) in [5.41, 5.74) is 1.43. The third kappa shape index (κ3) is 5.70. The van der Waals surface area contributed by atoms with Crippen LogP contribution >= 0.6 is 35.3 Å². The predicted octanol–water partition coefficient (Wildman–Crippen LogP) is 4.18. The van der Waals surface area contributed by atoms with E-state index in [1.807, 2.05) is 13.2 Å². The number of hydrogen-bond donors (Lipinski definition) is 2. The van der Waals surface area contributed by atoms with Crippen molar-refractivity contribution in [3.05, 3.63) is 52.0 Å². The standard InChI is InChI=1S/C22H31N5S.HI/c1-3-20-13-24-21(28-20)14-25-22(23-2)26-17-11-18-9-10-19(12-17)27(18)15-16-7-5-4-6-8-16;/h4-8,13,17-19H,3,9-12,14-15H2,1-2H3,(H2,23,25,26);1H. The fourth-order valence-corrected chi connectivity index (χ4v) is 5.39. The Hall–Kier alpha value is -1.19. The number of aliphatic imine (C=N–C) groups is 1. The van der Waals surface area contributed by atoms with Crippen LogP contribution in [0, 0.1) is 0 Å². The van der Waals surface area contributed by atoms with E-state index in [4.69, 9.17) is 0 Å². The molecule has 4 rings (SSSR count). The SMILES string of the molecule is CCc1cnc(CNC(=NC)NC2CC3CCC(C2)N3Cc2ccccc2)s1.I. The van der Waals surface area contributed by atoms with Crippen molar-refractivity contribution in [3.8, 4) is 0 Å². The summed E-state index contributed by atoms with van der Waals surface area (Å²) >= 11 is 1.78. The van der Waals surface area contributed by atoms with Crippen molar-refractivity contribution in [2.24, 2.45) is 4.99 Å². The van der Waals surface area contributed by atoms with Crippen molar-refractivity contribution >= 4 is 41.3 Å². The molecule has 0 saturated carbocycles. The first-order valence-electron chi connectivity index (χ1n) is 10.5. The van der Waals surface area contributed by atoms with E-state index in [0.717, 1.165) is 30.5 Å². The lowest BCUT2D eigenvalue weighted by Crippen LogP contribution is -2.52. The van der Waals surface area contributed by atoms with Crippen LogP contribution in [0.15, 0.2) is 41.5 Å². The van der Waals surface area contributed by atoms with Crippen LogP contribution in [0.25, 0.3) is 0 Å². The molecule has 1 aromatic heterocycles. The van der Waals surface area contributed by atoms with Crippen molar-refractivity contribution in [3.63, 3.8) is 0 Å². The number of aryl methyl sites for hydroxylation is 1. The Morgan fingerprint density at radius 2 is 1.93 bits per heavy atom. The highest BCUT2D eigenvalue weighted by molar-refractivity contribution is 14.0. The quantitative estimate of drug-likeness (QED) is 0.338. The summed E-state index contributed by atoms with van der Waals surface area (Å²) in [6.45, 7) is 3.99. The summed E-state index contributed by atoms with van der Waals surface area (Å²) in [5.74, 6) is 0.897. The van der Waals surface area contributed by atoms with Gasteiger partial charge in [-0.2, -0.15) is 0 Å². The van der Waals surface area contributed by atoms with Crippen LogP contribution in [-0.2, 0) is 19.5 Å². The van der Waals surface area contributed by atoms with Gasteiger partial charge in [-0.05, 0) is 37.7 Å². The van der Waals surface area contributed by atoms with Crippen molar-refractivity contribution in [1.82, 2.24) is 20.5 Å². The second kappa shape index (κ2) is 10.7. The van der Waals surface area contributed by atoms with Crippen LogP contribution in [0.2, 0.25) is 0 Å². The van der Waals surface area contributed by atoms with Gasteiger partial charge in [0.1, 0.15) is 5.01 Å². The minimum absolute atomic E-state index is 0. The number of benzene rings is 1. The van der Waals surface area contributed by atoms with Crippen LogP contribution in [0.3, 0.4) is 0 Å². The minimum Gasteiger partial charge on any atom is -0.354 e. The Morgan fingerprint density at radius 3 is 2.55 bits per heavy atom. The largest absolute Gasteiger partial charge is 0.354 e. The maximum Gasteiger partial charge on any atom is 0.191 e. The molecule has 2 saturated heterocycles. The molecular formula is C22H32IN5S. The van der Waals surface area contributed by atoms with Crippen molar-refractivity contribution in [1.29, 1.82) is 0 Å². The van der Waals surface area contributed by atoms with Gasteiger partial charge in [0, 0.05) is 42.8 Å². The normalized spacial score (nSPS) is 24.2.